The Morgan fingerprint density at radius 1 is 1.17 bits per heavy atom. The highest BCUT2D eigenvalue weighted by atomic mass is 16.3. The molecule has 4 rings (SSSR count). The lowest BCUT2D eigenvalue weighted by Crippen LogP contribution is -2.24. The molecule has 6 nitrogen and oxygen atoms in total. The molecule has 1 aliphatic heterocycles. The summed E-state index contributed by atoms with van der Waals surface area (Å²) in [5.41, 5.74) is 6.74. The summed E-state index contributed by atoms with van der Waals surface area (Å²) < 4.78 is 0. The Balaban J connectivity index is 1.53. The van der Waals surface area contributed by atoms with Crippen molar-refractivity contribution in [1.29, 1.82) is 0 Å². The Morgan fingerprint density at radius 3 is 2.76 bits per heavy atom. The molecule has 3 heterocycles. The molecule has 0 bridgehead atoms. The second-order valence-electron chi connectivity index (χ2n) is 7.19. The first-order chi connectivity index (χ1) is 14.0. The van der Waals surface area contributed by atoms with Gasteiger partial charge in [0.15, 0.2) is 0 Å². The first-order valence-electron chi connectivity index (χ1n) is 9.67. The number of aromatic amines is 1. The fourth-order valence-electron chi connectivity index (χ4n) is 3.76. The molecule has 0 fully saturated rings. The molecule has 1 aliphatic rings. The standard InChI is InChI=1S/C23H24N4O2/c1-14-20(13-18-17-8-3-4-9-19(17)27-22(18)28)26-15(2)21(14)23(29)25-12-10-16-7-5-6-11-24-16/h3-9,11,13,23,25-26,29H,10,12H2,1-2H3,(H,27,28). The van der Waals surface area contributed by atoms with E-state index in [-0.39, 0.29) is 5.91 Å². The summed E-state index contributed by atoms with van der Waals surface area (Å²) in [5, 5.41) is 16.7. The molecule has 1 atom stereocenters. The van der Waals surface area contributed by atoms with E-state index in [1.54, 1.807) is 6.20 Å². The molecule has 0 radical (unpaired) electrons. The maximum atomic E-state index is 12.4. The van der Waals surface area contributed by atoms with E-state index in [1.807, 2.05) is 62.4 Å². The largest absolute Gasteiger partial charge is 0.374 e. The highest BCUT2D eigenvalue weighted by molar-refractivity contribution is 6.34. The van der Waals surface area contributed by atoms with Gasteiger partial charge in [0.1, 0.15) is 6.23 Å². The van der Waals surface area contributed by atoms with Crippen molar-refractivity contribution in [1.82, 2.24) is 15.3 Å². The van der Waals surface area contributed by atoms with E-state index in [4.69, 9.17) is 0 Å². The average molecular weight is 388 g/mol. The van der Waals surface area contributed by atoms with Gasteiger partial charge in [0, 0.05) is 53.1 Å². The third kappa shape index (κ3) is 3.85. The van der Waals surface area contributed by atoms with E-state index in [0.717, 1.165) is 45.9 Å². The van der Waals surface area contributed by atoms with Crippen LogP contribution in [0.25, 0.3) is 11.6 Å². The van der Waals surface area contributed by atoms with Gasteiger partial charge >= 0.3 is 0 Å². The third-order valence-corrected chi connectivity index (χ3v) is 5.25. The average Bonchev–Trinajstić information content (AvgIpc) is 3.18. The van der Waals surface area contributed by atoms with Crippen molar-refractivity contribution in [2.75, 3.05) is 11.9 Å². The lowest BCUT2D eigenvalue weighted by atomic mass is 10.0. The molecule has 0 saturated carbocycles. The number of aromatic nitrogens is 2. The maximum absolute atomic E-state index is 12.4. The van der Waals surface area contributed by atoms with Crippen molar-refractivity contribution in [3.05, 3.63) is 82.4 Å². The van der Waals surface area contributed by atoms with Gasteiger partial charge in [0.2, 0.25) is 0 Å². The minimum atomic E-state index is -0.799. The summed E-state index contributed by atoms with van der Waals surface area (Å²) in [7, 11) is 0. The SMILES string of the molecule is Cc1[nH]c(C=C2C(=O)Nc3ccccc32)c(C)c1C(O)NCCc1ccccn1. The van der Waals surface area contributed by atoms with Crippen molar-refractivity contribution >= 4 is 23.2 Å². The second kappa shape index (κ2) is 8.03. The molecule has 2 aromatic heterocycles. The van der Waals surface area contributed by atoms with Crippen LogP contribution in [0.15, 0.2) is 48.7 Å². The summed E-state index contributed by atoms with van der Waals surface area (Å²) in [5.74, 6) is -0.117. The number of carbonyl (C=O) groups excluding carboxylic acids is 1. The fourth-order valence-corrected chi connectivity index (χ4v) is 3.76. The summed E-state index contributed by atoms with van der Waals surface area (Å²) in [4.78, 5) is 20.0. The van der Waals surface area contributed by atoms with Gasteiger partial charge in [-0.1, -0.05) is 24.3 Å². The topological polar surface area (TPSA) is 90.0 Å². The molecule has 3 aromatic rings. The number of rotatable bonds is 6. The van der Waals surface area contributed by atoms with Gasteiger partial charge in [0.25, 0.3) is 5.91 Å². The van der Waals surface area contributed by atoms with Crippen LogP contribution in [0, 0.1) is 13.8 Å². The van der Waals surface area contributed by atoms with Crippen molar-refractivity contribution in [3.63, 3.8) is 0 Å². The van der Waals surface area contributed by atoms with Gasteiger partial charge in [-0.05, 0) is 43.7 Å². The van der Waals surface area contributed by atoms with Gasteiger partial charge in [-0.3, -0.25) is 15.1 Å². The molecule has 6 heteroatoms. The predicted octanol–water partition coefficient (Wildman–Crippen LogP) is 3.34. The number of para-hydroxylation sites is 1. The van der Waals surface area contributed by atoms with E-state index in [0.29, 0.717) is 12.1 Å². The summed E-state index contributed by atoms with van der Waals surface area (Å²) in [6, 6.07) is 13.4. The second-order valence-corrected chi connectivity index (χ2v) is 7.19. The number of H-pyrrole nitrogens is 1. The Kier molecular flexibility index (Phi) is 5.29. The van der Waals surface area contributed by atoms with Gasteiger partial charge in [-0.15, -0.1) is 0 Å². The van der Waals surface area contributed by atoms with E-state index in [9.17, 15) is 9.90 Å². The van der Waals surface area contributed by atoms with E-state index in [1.165, 1.54) is 0 Å². The van der Waals surface area contributed by atoms with Crippen LogP contribution in [0.3, 0.4) is 0 Å². The van der Waals surface area contributed by atoms with Crippen molar-refractivity contribution in [3.8, 4) is 0 Å². The zero-order valence-corrected chi connectivity index (χ0v) is 16.5. The van der Waals surface area contributed by atoms with Crippen molar-refractivity contribution < 1.29 is 9.90 Å². The number of aliphatic hydroxyl groups excluding tert-OH is 1. The normalized spacial score (nSPS) is 15.4. The Labute approximate surface area is 169 Å². The lowest BCUT2D eigenvalue weighted by molar-refractivity contribution is -0.110. The first-order valence-corrected chi connectivity index (χ1v) is 9.67. The number of anilines is 1. The number of aliphatic hydroxyl groups is 1. The molecular formula is C23H24N4O2. The highest BCUT2D eigenvalue weighted by Gasteiger charge is 2.25. The zero-order chi connectivity index (χ0) is 20.4. The van der Waals surface area contributed by atoms with Crippen LogP contribution in [0.2, 0.25) is 0 Å². The van der Waals surface area contributed by atoms with Crippen LogP contribution in [0.4, 0.5) is 5.69 Å². The predicted molar refractivity (Wildman–Crippen MR) is 114 cm³/mol. The molecule has 4 N–H and O–H groups in total. The third-order valence-electron chi connectivity index (χ3n) is 5.25. The number of benzene rings is 1. The zero-order valence-electron chi connectivity index (χ0n) is 16.5. The number of nitrogens with zero attached hydrogens (tertiary/aromatic N) is 1. The minimum absolute atomic E-state index is 0.117. The molecule has 29 heavy (non-hydrogen) atoms. The molecule has 0 aliphatic carbocycles. The fraction of sp³-hybridized carbons (Fsp3) is 0.217. The summed E-state index contributed by atoms with van der Waals surface area (Å²) >= 11 is 0. The molecular weight excluding hydrogens is 364 g/mol. The minimum Gasteiger partial charge on any atom is -0.374 e. The van der Waals surface area contributed by atoms with Crippen LogP contribution in [-0.2, 0) is 11.2 Å². The molecule has 0 saturated heterocycles. The maximum Gasteiger partial charge on any atom is 0.256 e. The number of aryl methyl sites for hydroxylation is 1. The van der Waals surface area contributed by atoms with Crippen molar-refractivity contribution in [2.45, 2.75) is 26.5 Å². The van der Waals surface area contributed by atoms with Gasteiger partial charge in [-0.2, -0.15) is 0 Å². The molecule has 1 unspecified atom stereocenters. The number of pyridine rings is 1. The summed E-state index contributed by atoms with van der Waals surface area (Å²) in [6.45, 7) is 4.48. The number of hydrogen-bond donors (Lipinski definition) is 4. The van der Waals surface area contributed by atoms with Gasteiger partial charge in [0.05, 0.1) is 5.57 Å². The Bertz CT molecular complexity index is 1070. The molecule has 148 valence electrons. The molecule has 0 spiro atoms. The van der Waals surface area contributed by atoms with Gasteiger partial charge < -0.3 is 15.4 Å². The Morgan fingerprint density at radius 2 is 1.97 bits per heavy atom. The first kappa shape index (κ1) is 19.1. The van der Waals surface area contributed by atoms with Crippen LogP contribution in [0.5, 0.6) is 0 Å². The van der Waals surface area contributed by atoms with Crippen LogP contribution >= 0.6 is 0 Å². The van der Waals surface area contributed by atoms with Crippen molar-refractivity contribution in [2.24, 2.45) is 0 Å². The number of carbonyl (C=O) groups is 1. The highest BCUT2D eigenvalue weighted by Crippen LogP contribution is 2.34. The van der Waals surface area contributed by atoms with Gasteiger partial charge in [-0.25, -0.2) is 0 Å². The van der Waals surface area contributed by atoms with Crippen LogP contribution in [-0.4, -0.2) is 27.5 Å². The lowest BCUT2D eigenvalue weighted by Gasteiger charge is -2.14. The van der Waals surface area contributed by atoms with Crippen LogP contribution < -0.4 is 10.6 Å². The summed E-state index contributed by atoms with van der Waals surface area (Å²) in [6.07, 6.45) is 3.55. The smallest absolute Gasteiger partial charge is 0.256 e. The van der Waals surface area contributed by atoms with E-state index >= 15 is 0 Å². The van der Waals surface area contributed by atoms with E-state index < -0.39 is 6.23 Å². The Hall–Kier alpha value is -3.22. The monoisotopic (exact) mass is 388 g/mol. The van der Waals surface area contributed by atoms with Crippen LogP contribution in [0.1, 0.15) is 40.0 Å². The quantitative estimate of drug-likeness (QED) is 0.385. The number of fused-ring (bicyclic) bond motifs is 1. The number of hydrogen-bond acceptors (Lipinski definition) is 4. The number of nitrogens with one attached hydrogen (secondary N) is 3. The van der Waals surface area contributed by atoms with E-state index in [2.05, 4.69) is 20.6 Å². The molecule has 1 aromatic carbocycles. The molecule has 1 amide bonds. The number of amides is 1.